The predicted octanol–water partition coefficient (Wildman–Crippen LogP) is 0.438. The first kappa shape index (κ1) is 21.6. The zero-order chi connectivity index (χ0) is 22.1. The number of piperidine rings is 1. The van der Waals surface area contributed by atoms with Gasteiger partial charge in [-0.2, -0.15) is 0 Å². The molecule has 0 radical (unpaired) electrons. The number of fused-ring (bicyclic) bond motifs is 1. The molecule has 0 spiro atoms. The molecule has 4 rings (SSSR count). The highest BCUT2D eigenvalue weighted by molar-refractivity contribution is 6.00. The van der Waals surface area contributed by atoms with Gasteiger partial charge in [-0.25, -0.2) is 4.79 Å². The summed E-state index contributed by atoms with van der Waals surface area (Å²) in [4.78, 5) is 41.7. The van der Waals surface area contributed by atoms with Gasteiger partial charge in [-0.1, -0.05) is 0 Å². The van der Waals surface area contributed by atoms with Crippen molar-refractivity contribution in [3.05, 3.63) is 28.7 Å². The minimum absolute atomic E-state index is 0.232. The summed E-state index contributed by atoms with van der Waals surface area (Å²) in [5.74, 6) is -0.686. The molecule has 1 aromatic heterocycles. The Morgan fingerprint density at radius 2 is 1.97 bits per heavy atom. The monoisotopic (exact) mass is 428 g/mol. The van der Waals surface area contributed by atoms with Gasteiger partial charge in [0.25, 0.3) is 0 Å². The quantitative estimate of drug-likeness (QED) is 0.513. The van der Waals surface area contributed by atoms with Gasteiger partial charge in [0, 0.05) is 44.8 Å². The fourth-order valence-corrected chi connectivity index (χ4v) is 4.80. The molecule has 168 valence electrons. The number of nitrogens with zero attached hydrogens (tertiary/aromatic N) is 4. The van der Waals surface area contributed by atoms with Gasteiger partial charge in [0.2, 0.25) is 11.8 Å². The van der Waals surface area contributed by atoms with Crippen molar-refractivity contribution in [1.82, 2.24) is 24.7 Å². The van der Waals surface area contributed by atoms with Gasteiger partial charge >= 0.3 is 5.69 Å². The molecule has 31 heavy (non-hydrogen) atoms. The number of piperazine rings is 1. The number of aryl methyl sites for hydroxylation is 1. The van der Waals surface area contributed by atoms with Crippen LogP contribution in [0.3, 0.4) is 0 Å². The summed E-state index contributed by atoms with van der Waals surface area (Å²) in [6.45, 7) is 7.28. The number of aromatic nitrogens is 2. The molecule has 3 heterocycles. The number of carbonyl (C=O) groups excluding carboxylic acids is 2. The molecule has 2 N–H and O–H groups in total. The first-order valence-corrected chi connectivity index (χ1v) is 11.1. The number of carbonyl (C=O) groups is 2. The topological polar surface area (TPSA) is 91.6 Å². The van der Waals surface area contributed by atoms with E-state index < -0.39 is 11.9 Å². The van der Waals surface area contributed by atoms with Gasteiger partial charge in [0.1, 0.15) is 6.04 Å². The van der Waals surface area contributed by atoms with Crippen molar-refractivity contribution in [2.75, 3.05) is 44.7 Å². The van der Waals surface area contributed by atoms with Gasteiger partial charge in [0.15, 0.2) is 0 Å². The Morgan fingerprint density at radius 3 is 2.68 bits per heavy atom. The molecule has 2 amide bonds. The summed E-state index contributed by atoms with van der Waals surface area (Å²) in [5.41, 5.74) is 2.38. The van der Waals surface area contributed by atoms with E-state index in [2.05, 4.69) is 27.4 Å². The van der Waals surface area contributed by atoms with Crippen molar-refractivity contribution >= 4 is 28.5 Å². The highest BCUT2D eigenvalue weighted by Gasteiger charge is 2.31. The smallest absolute Gasteiger partial charge is 0.329 e. The SMILES string of the molecule is CNCCCN1CCN(c2ccc3c(c2)n(C)c(=O)n3C2CCC(=O)NC2=O)C[C@@H]1C. The van der Waals surface area contributed by atoms with Crippen LogP contribution in [0.1, 0.15) is 32.2 Å². The van der Waals surface area contributed by atoms with Crippen LogP contribution < -0.4 is 21.2 Å². The lowest BCUT2D eigenvalue weighted by atomic mass is 10.1. The lowest BCUT2D eigenvalue weighted by molar-refractivity contribution is -0.135. The van der Waals surface area contributed by atoms with Gasteiger partial charge in [-0.15, -0.1) is 0 Å². The third-order valence-corrected chi connectivity index (χ3v) is 6.60. The zero-order valence-electron chi connectivity index (χ0n) is 18.6. The third kappa shape index (κ3) is 4.12. The fourth-order valence-electron chi connectivity index (χ4n) is 4.80. The van der Waals surface area contributed by atoms with Gasteiger partial charge < -0.3 is 10.2 Å². The highest BCUT2D eigenvalue weighted by atomic mass is 16.2. The van der Waals surface area contributed by atoms with Crippen molar-refractivity contribution < 1.29 is 9.59 Å². The summed E-state index contributed by atoms with van der Waals surface area (Å²) in [6.07, 6.45) is 1.73. The maximum Gasteiger partial charge on any atom is 0.329 e. The van der Waals surface area contributed by atoms with Crippen LogP contribution in [-0.2, 0) is 16.6 Å². The Balaban J connectivity index is 1.57. The number of hydrogen-bond donors (Lipinski definition) is 2. The van der Waals surface area contributed by atoms with E-state index in [1.165, 1.54) is 4.57 Å². The molecular formula is C22H32N6O3. The first-order valence-electron chi connectivity index (χ1n) is 11.1. The number of nitrogens with one attached hydrogen (secondary N) is 2. The van der Waals surface area contributed by atoms with Crippen LogP contribution in [0, 0.1) is 0 Å². The minimum atomic E-state index is -0.652. The van der Waals surface area contributed by atoms with E-state index >= 15 is 0 Å². The predicted molar refractivity (Wildman–Crippen MR) is 120 cm³/mol. The van der Waals surface area contributed by atoms with Crippen LogP contribution in [0.5, 0.6) is 0 Å². The average molecular weight is 429 g/mol. The van der Waals surface area contributed by atoms with Crippen LogP contribution >= 0.6 is 0 Å². The number of hydrogen-bond acceptors (Lipinski definition) is 6. The highest BCUT2D eigenvalue weighted by Crippen LogP contribution is 2.27. The van der Waals surface area contributed by atoms with Gasteiger partial charge in [-0.05, 0) is 58.1 Å². The Morgan fingerprint density at radius 1 is 1.16 bits per heavy atom. The summed E-state index contributed by atoms with van der Waals surface area (Å²) >= 11 is 0. The summed E-state index contributed by atoms with van der Waals surface area (Å²) in [5, 5.41) is 5.56. The lowest BCUT2D eigenvalue weighted by Gasteiger charge is -2.41. The molecule has 2 saturated heterocycles. The van der Waals surface area contributed by atoms with Crippen molar-refractivity contribution in [3.63, 3.8) is 0 Å². The van der Waals surface area contributed by atoms with E-state index in [1.807, 2.05) is 25.2 Å². The van der Waals surface area contributed by atoms with Crippen molar-refractivity contribution in [3.8, 4) is 0 Å². The molecule has 2 fully saturated rings. The number of imidazole rings is 1. The summed E-state index contributed by atoms with van der Waals surface area (Å²) in [6, 6.07) is 5.81. The van der Waals surface area contributed by atoms with Crippen LogP contribution in [-0.4, -0.2) is 71.7 Å². The molecule has 0 saturated carbocycles. The third-order valence-electron chi connectivity index (χ3n) is 6.60. The second-order valence-electron chi connectivity index (χ2n) is 8.64. The zero-order valence-corrected chi connectivity index (χ0v) is 18.6. The Hall–Kier alpha value is -2.65. The van der Waals surface area contributed by atoms with Crippen molar-refractivity contribution in [1.29, 1.82) is 0 Å². The van der Waals surface area contributed by atoms with Crippen molar-refractivity contribution in [2.45, 2.75) is 38.3 Å². The first-order chi connectivity index (χ1) is 14.9. The van der Waals surface area contributed by atoms with Gasteiger partial charge in [-0.3, -0.25) is 28.9 Å². The molecule has 1 aromatic carbocycles. The Kier molecular flexibility index (Phi) is 6.15. The van der Waals surface area contributed by atoms with E-state index in [1.54, 1.807) is 11.6 Å². The van der Waals surface area contributed by atoms with E-state index in [0.29, 0.717) is 12.5 Å². The van der Waals surface area contributed by atoms with Crippen LogP contribution in [0.4, 0.5) is 5.69 Å². The minimum Gasteiger partial charge on any atom is -0.369 e. The standard InChI is InChI=1S/C22H32N6O3/c1-15-14-27(12-11-26(15)10-4-9-23-2)16-5-6-17-19(13-16)25(3)22(31)28(17)18-7-8-20(29)24-21(18)30/h5-6,13,15,18,23H,4,7-12,14H2,1-3H3,(H,24,29,30)/t15-,18?/m0/s1. The molecule has 2 aliphatic heterocycles. The number of amides is 2. The van der Waals surface area contributed by atoms with E-state index in [-0.39, 0.29) is 18.0 Å². The van der Waals surface area contributed by atoms with Crippen LogP contribution in [0.2, 0.25) is 0 Å². The lowest BCUT2D eigenvalue weighted by Crippen LogP contribution is -2.52. The van der Waals surface area contributed by atoms with Crippen LogP contribution in [0.25, 0.3) is 11.0 Å². The number of rotatable bonds is 6. The number of imide groups is 1. The number of anilines is 1. The fraction of sp³-hybridized carbons (Fsp3) is 0.591. The maximum absolute atomic E-state index is 13.0. The molecule has 2 atom stereocenters. The van der Waals surface area contributed by atoms with Crippen molar-refractivity contribution in [2.24, 2.45) is 7.05 Å². The molecule has 9 heteroatoms. The molecule has 0 bridgehead atoms. The second-order valence-corrected chi connectivity index (χ2v) is 8.64. The molecular weight excluding hydrogens is 396 g/mol. The van der Waals surface area contributed by atoms with E-state index in [0.717, 1.165) is 55.9 Å². The average Bonchev–Trinajstić information content (AvgIpc) is 2.99. The Labute approximate surface area is 182 Å². The molecule has 9 nitrogen and oxygen atoms in total. The van der Waals surface area contributed by atoms with Gasteiger partial charge in [0.05, 0.1) is 11.0 Å². The largest absolute Gasteiger partial charge is 0.369 e. The molecule has 1 unspecified atom stereocenters. The normalized spacial score (nSPS) is 22.9. The molecule has 2 aliphatic rings. The van der Waals surface area contributed by atoms with E-state index in [9.17, 15) is 14.4 Å². The molecule has 2 aromatic rings. The summed E-state index contributed by atoms with van der Waals surface area (Å²) in [7, 11) is 3.72. The van der Waals surface area contributed by atoms with Crippen LogP contribution in [0.15, 0.2) is 23.0 Å². The second kappa shape index (κ2) is 8.84. The maximum atomic E-state index is 13.0. The Bertz CT molecular complexity index is 1040. The summed E-state index contributed by atoms with van der Waals surface area (Å²) < 4.78 is 3.13. The molecule has 0 aliphatic carbocycles. The van der Waals surface area contributed by atoms with E-state index in [4.69, 9.17) is 0 Å². The number of benzene rings is 1.